The van der Waals surface area contributed by atoms with Crippen molar-refractivity contribution in [1.29, 1.82) is 0 Å². The molecule has 0 aliphatic heterocycles. The highest BCUT2D eigenvalue weighted by atomic mass is 16.1. The van der Waals surface area contributed by atoms with Crippen LogP contribution in [0.25, 0.3) is 6.08 Å². The molecule has 17 heavy (non-hydrogen) atoms. The lowest BCUT2D eigenvalue weighted by Crippen LogP contribution is -2.36. The third-order valence-corrected chi connectivity index (χ3v) is 2.79. The number of anilines is 1. The van der Waals surface area contributed by atoms with Crippen molar-refractivity contribution in [3.8, 4) is 0 Å². The highest BCUT2D eigenvalue weighted by Crippen LogP contribution is 2.25. The Balaban J connectivity index is 3.20. The van der Waals surface area contributed by atoms with Crippen LogP contribution in [0.1, 0.15) is 19.4 Å². The third kappa shape index (κ3) is 2.84. The molecule has 1 aromatic rings. The topological polar surface area (TPSA) is 20.3 Å². The summed E-state index contributed by atoms with van der Waals surface area (Å²) in [7, 11) is 0. The lowest BCUT2D eigenvalue weighted by molar-refractivity contribution is -0.107. The Morgan fingerprint density at radius 2 is 1.88 bits per heavy atom. The van der Waals surface area contributed by atoms with Crippen LogP contribution < -0.4 is 4.90 Å². The van der Waals surface area contributed by atoms with Crippen LogP contribution in [0.2, 0.25) is 0 Å². The first-order chi connectivity index (χ1) is 8.15. The molecule has 0 saturated carbocycles. The van der Waals surface area contributed by atoms with E-state index >= 15 is 0 Å². The Bertz CT molecular complexity index is 409. The molecule has 0 radical (unpaired) electrons. The van der Waals surface area contributed by atoms with Crippen LogP contribution in [0.3, 0.4) is 0 Å². The van der Waals surface area contributed by atoms with Crippen LogP contribution in [0.5, 0.6) is 0 Å². The fraction of sp³-hybridized carbons (Fsp3) is 0.267. The van der Waals surface area contributed by atoms with Gasteiger partial charge in [-0.3, -0.25) is 4.79 Å². The quantitative estimate of drug-likeness (QED) is 0.540. The summed E-state index contributed by atoms with van der Waals surface area (Å²) in [5.41, 5.74) is 1.82. The number of hydrogen-bond acceptors (Lipinski definition) is 1. The zero-order valence-electron chi connectivity index (χ0n) is 10.5. The van der Waals surface area contributed by atoms with Crippen molar-refractivity contribution in [1.82, 2.24) is 0 Å². The third-order valence-electron chi connectivity index (χ3n) is 2.79. The highest BCUT2D eigenvalue weighted by Gasteiger charge is 2.20. The Morgan fingerprint density at radius 3 is 2.35 bits per heavy atom. The molecule has 0 aliphatic rings. The van der Waals surface area contributed by atoms with Crippen LogP contribution in [0.15, 0.2) is 43.5 Å². The van der Waals surface area contributed by atoms with Gasteiger partial charge in [-0.15, -0.1) is 6.58 Å². The minimum Gasteiger partial charge on any atom is -0.307 e. The molecule has 90 valence electrons. The molecule has 1 atom stereocenters. The average Bonchev–Trinajstić information content (AvgIpc) is 2.35. The van der Waals surface area contributed by atoms with Gasteiger partial charge in [-0.1, -0.05) is 50.8 Å². The van der Waals surface area contributed by atoms with Gasteiger partial charge >= 0.3 is 0 Å². The molecule has 0 spiro atoms. The lowest BCUT2D eigenvalue weighted by Gasteiger charge is -2.30. The minimum absolute atomic E-state index is 0.00593. The fourth-order valence-corrected chi connectivity index (χ4v) is 1.89. The molecular weight excluding hydrogens is 210 g/mol. The van der Waals surface area contributed by atoms with E-state index in [9.17, 15) is 4.79 Å². The molecule has 1 unspecified atom stereocenters. The van der Waals surface area contributed by atoms with E-state index in [1.165, 1.54) is 0 Å². The standard InChI is InChI=1S/C15H19NO/c1-5-13-9-7-8-10-15(13)16(11-17)14(6-2)12(3)4/h5-12,14H,1-2H2,3-4H3. The van der Waals surface area contributed by atoms with Crippen LogP contribution in [0.4, 0.5) is 5.69 Å². The number of carbonyl (C=O) groups is 1. The van der Waals surface area contributed by atoms with Gasteiger partial charge in [0.15, 0.2) is 0 Å². The second-order valence-electron chi connectivity index (χ2n) is 4.25. The monoisotopic (exact) mass is 229 g/mol. The highest BCUT2D eigenvalue weighted by molar-refractivity contribution is 5.82. The number of amides is 1. The Kier molecular flexibility index (Phi) is 4.70. The van der Waals surface area contributed by atoms with Crippen molar-refractivity contribution in [2.24, 2.45) is 5.92 Å². The van der Waals surface area contributed by atoms with Crippen molar-refractivity contribution >= 4 is 18.2 Å². The number of benzene rings is 1. The van der Waals surface area contributed by atoms with E-state index in [-0.39, 0.29) is 6.04 Å². The van der Waals surface area contributed by atoms with E-state index in [0.29, 0.717) is 5.92 Å². The summed E-state index contributed by atoms with van der Waals surface area (Å²) in [5.74, 6) is 0.315. The summed E-state index contributed by atoms with van der Waals surface area (Å²) in [6.45, 7) is 11.7. The fourth-order valence-electron chi connectivity index (χ4n) is 1.89. The number of para-hydroxylation sites is 1. The maximum absolute atomic E-state index is 11.3. The summed E-state index contributed by atoms with van der Waals surface area (Å²) < 4.78 is 0. The summed E-state index contributed by atoms with van der Waals surface area (Å²) in [5, 5.41) is 0. The molecule has 0 N–H and O–H groups in total. The zero-order valence-corrected chi connectivity index (χ0v) is 10.5. The molecule has 0 heterocycles. The van der Waals surface area contributed by atoms with Crippen molar-refractivity contribution in [3.63, 3.8) is 0 Å². The number of nitrogens with zero attached hydrogens (tertiary/aromatic N) is 1. The van der Waals surface area contributed by atoms with Gasteiger partial charge in [0.25, 0.3) is 0 Å². The maximum Gasteiger partial charge on any atom is 0.214 e. The summed E-state index contributed by atoms with van der Waals surface area (Å²) in [6.07, 6.45) is 4.42. The zero-order chi connectivity index (χ0) is 12.8. The Morgan fingerprint density at radius 1 is 1.24 bits per heavy atom. The van der Waals surface area contributed by atoms with Gasteiger partial charge in [0, 0.05) is 0 Å². The summed E-state index contributed by atoms with van der Waals surface area (Å²) >= 11 is 0. The number of rotatable bonds is 6. The van der Waals surface area contributed by atoms with E-state index in [1.807, 2.05) is 24.3 Å². The van der Waals surface area contributed by atoms with Crippen LogP contribution in [-0.2, 0) is 4.79 Å². The van der Waals surface area contributed by atoms with Gasteiger partial charge in [0.2, 0.25) is 6.41 Å². The Labute approximate surface area is 103 Å². The van der Waals surface area contributed by atoms with Crippen LogP contribution >= 0.6 is 0 Å². The smallest absolute Gasteiger partial charge is 0.214 e. The first kappa shape index (κ1) is 13.2. The summed E-state index contributed by atoms with van der Waals surface area (Å²) in [4.78, 5) is 13.0. The van der Waals surface area contributed by atoms with E-state index in [4.69, 9.17) is 0 Å². The molecular formula is C15H19NO. The number of hydrogen-bond donors (Lipinski definition) is 0. The van der Waals surface area contributed by atoms with Crippen molar-refractivity contribution < 1.29 is 4.79 Å². The second kappa shape index (κ2) is 6.04. The Hall–Kier alpha value is -1.83. The second-order valence-corrected chi connectivity index (χ2v) is 4.25. The largest absolute Gasteiger partial charge is 0.307 e. The van der Waals surface area contributed by atoms with Crippen LogP contribution in [0, 0.1) is 5.92 Å². The van der Waals surface area contributed by atoms with Crippen molar-refractivity contribution in [2.45, 2.75) is 19.9 Å². The molecule has 0 saturated heterocycles. The lowest BCUT2D eigenvalue weighted by atomic mass is 10.0. The van der Waals surface area contributed by atoms with Crippen molar-refractivity contribution in [2.75, 3.05) is 4.90 Å². The maximum atomic E-state index is 11.3. The molecule has 2 nitrogen and oxygen atoms in total. The molecule has 1 rings (SSSR count). The van der Waals surface area contributed by atoms with Gasteiger partial charge < -0.3 is 4.90 Å². The molecule has 1 amide bonds. The molecule has 0 aliphatic carbocycles. The van der Waals surface area contributed by atoms with Crippen LogP contribution in [-0.4, -0.2) is 12.5 Å². The summed E-state index contributed by atoms with van der Waals surface area (Å²) in [6, 6.07) is 7.71. The predicted octanol–water partition coefficient (Wildman–Crippen LogP) is 3.50. The average molecular weight is 229 g/mol. The van der Waals surface area contributed by atoms with Gasteiger partial charge in [0.05, 0.1) is 11.7 Å². The first-order valence-corrected chi connectivity index (χ1v) is 5.73. The normalized spacial score (nSPS) is 11.9. The van der Waals surface area contributed by atoms with E-state index in [2.05, 4.69) is 27.0 Å². The molecule has 0 bridgehead atoms. The first-order valence-electron chi connectivity index (χ1n) is 5.73. The minimum atomic E-state index is -0.00593. The predicted molar refractivity (Wildman–Crippen MR) is 73.9 cm³/mol. The molecule has 0 aromatic heterocycles. The van der Waals surface area contributed by atoms with Gasteiger partial charge in [-0.05, 0) is 17.5 Å². The van der Waals surface area contributed by atoms with E-state index in [1.54, 1.807) is 17.1 Å². The molecule has 0 fully saturated rings. The van der Waals surface area contributed by atoms with Gasteiger partial charge in [0.1, 0.15) is 0 Å². The molecule has 1 aromatic carbocycles. The van der Waals surface area contributed by atoms with Crippen molar-refractivity contribution in [3.05, 3.63) is 49.1 Å². The van der Waals surface area contributed by atoms with Gasteiger partial charge in [-0.2, -0.15) is 0 Å². The van der Waals surface area contributed by atoms with Gasteiger partial charge in [-0.25, -0.2) is 0 Å². The number of carbonyl (C=O) groups excluding carboxylic acids is 1. The van der Waals surface area contributed by atoms with E-state index in [0.717, 1.165) is 17.7 Å². The molecule has 2 heteroatoms. The SMILES string of the molecule is C=Cc1ccccc1N(C=O)C(C=C)C(C)C. The van der Waals surface area contributed by atoms with E-state index < -0.39 is 0 Å².